The highest BCUT2D eigenvalue weighted by molar-refractivity contribution is 9.10. The van der Waals surface area contributed by atoms with Crippen molar-refractivity contribution >= 4 is 33.5 Å². The molecule has 94 valence electrons. The van der Waals surface area contributed by atoms with Crippen LogP contribution in [0.15, 0.2) is 15.8 Å². The number of rotatable bonds is 3. The lowest BCUT2D eigenvalue weighted by Crippen LogP contribution is -2.23. The lowest BCUT2D eigenvalue weighted by molar-refractivity contribution is 0.0880. The van der Waals surface area contributed by atoms with Gasteiger partial charge in [0.2, 0.25) is 6.43 Å². The Labute approximate surface area is 111 Å². The van der Waals surface area contributed by atoms with Crippen LogP contribution in [0.3, 0.4) is 0 Å². The Morgan fingerprint density at radius 2 is 2.35 bits per heavy atom. The molecule has 1 aromatic heterocycles. The van der Waals surface area contributed by atoms with E-state index in [0.717, 1.165) is 4.47 Å². The molecule has 0 N–H and O–H groups in total. The largest absolute Gasteiger partial charge is 0.355 e. The summed E-state index contributed by atoms with van der Waals surface area (Å²) < 4.78 is 26.0. The van der Waals surface area contributed by atoms with Gasteiger partial charge in [-0.2, -0.15) is 0 Å². The first-order valence-corrected chi connectivity index (χ1v) is 7.23. The molecule has 0 aliphatic carbocycles. The van der Waals surface area contributed by atoms with Gasteiger partial charge in [-0.25, -0.2) is 18.7 Å². The molecule has 0 radical (unpaired) electrons. The highest BCUT2D eigenvalue weighted by atomic mass is 79.9. The fourth-order valence-corrected chi connectivity index (χ4v) is 2.63. The van der Waals surface area contributed by atoms with Crippen molar-refractivity contribution in [2.24, 2.45) is 5.92 Å². The van der Waals surface area contributed by atoms with Crippen molar-refractivity contribution < 1.29 is 8.78 Å². The second-order valence-corrected chi connectivity index (χ2v) is 5.49. The zero-order valence-corrected chi connectivity index (χ0v) is 11.6. The van der Waals surface area contributed by atoms with Gasteiger partial charge in [-0.3, -0.25) is 0 Å². The van der Waals surface area contributed by atoms with E-state index in [0.29, 0.717) is 30.5 Å². The van der Waals surface area contributed by atoms with Crippen molar-refractivity contribution in [1.29, 1.82) is 0 Å². The number of aromatic nitrogens is 2. The highest BCUT2D eigenvalue weighted by Crippen LogP contribution is 2.31. The van der Waals surface area contributed by atoms with Crippen LogP contribution in [0.5, 0.6) is 0 Å². The van der Waals surface area contributed by atoms with Gasteiger partial charge >= 0.3 is 0 Å². The minimum absolute atomic E-state index is 0.362. The molecule has 1 aromatic rings. The number of halogens is 3. The van der Waals surface area contributed by atoms with Crippen LogP contribution in [-0.2, 0) is 0 Å². The van der Waals surface area contributed by atoms with Gasteiger partial charge in [-0.15, -0.1) is 0 Å². The van der Waals surface area contributed by atoms with E-state index in [2.05, 4.69) is 25.9 Å². The van der Waals surface area contributed by atoms with Crippen LogP contribution in [-0.4, -0.2) is 35.7 Å². The fourth-order valence-electron chi connectivity index (χ4n) is 1.85. The van der Waals surface area contributed by atoms with Crippen LogP contribution in [0.25, 0.3) is 0 Å². The summed E-state index contributed by atoms with van der Waals surface area (Å²) in [5.41, 5.74) is 0. The zero-order chi connectivity index (χ0) is 12.4. The molecule has 1 aliphatic rings. The van der Waals surface area contributed by atoms with Crippen molar-refractivity contribution in [3.63, 3.8) is 0 Å². The van der Waals surface area contributed by atoms with Crippen LogP contribution < -0.4 is 4.90 Å². The molecule has 1 aliphatic heterocycles. The Kier molecular flexibility index (Phi) is 4.19. The first-order valence-electron chi connectivity index (χ1n) is 5.21. The summed E-state index contributed by atoms with van der Waals surface area (Å²) in [6.45, 7) is 0.986. The number of hydrogen-bond donors (Lipinski definition) is 0. The summed E-state index contributed by atoms with van der Waals surface area (Å²) in [5.74, 6) is 0.169. The van der Waals surface area contributed by atoms with Crippen LogP contribution in [0.1, 0.15) is 6.42 Å². The Morgan fingerprint density at radius 3 is 2.94 bits per heavy atom. The maximum atomic E-state index is 12.6. The number of hydrogen-bond acceptors (Lipinski definition) is 4. The van der Waals surface area contributed by atoms with Gasteiger partial charge < -0.3 is 4.90 Å². The van der Waals surface area contributed by atoms with E-state index in [1.165, 1.54) is 11.8 Å². The number of alkyl halides is 2. The Hall–Kier alpha value is -0.430. The van der Waals surface area contributed by atoms with Gasteiger partial charge in [0.25, 0.3) is 0 Å². The van der Waals surface area contributed by atoms with E-state index in [9.17, 15) is 8.78 Å². The SMILES string of the molecule is CSc1ncc(Br)c(N2CCC(C(F)F)C2)n1. The smallest absolute Gasteiger partial charge is 0.243 e. The van der Waals surface area contributed by atoms with Crippen molar-refractivity contribution in [3.05, 3.63) is 10.7 Å². The molecule has 1 atom stereocenters. The van der Waals surface area contributed by atoms with Crippen LogP contribution >= 0.6 is 27.7 Å². The second-order valence-electron chi connectivity index (χ2n) is 3.86. The average molecular weight is 324 g/mol. The summed E-state index contributed by atoms with van der Waals surface area (Å²) in [5, 5.41) is 0.656. The Balaban J connectivity index is 2.18. The van der Waals surface area contributed by atoms with Gasteiger partial charge in [0.05, 0.1) is 4.47 Å². The van der Waals surface area contributed by atoms with Crippen molar-refractivity contribution in [1.82, 2.24) is 9.97 Å². The third-order valence-electron chi connectivity index (χ3n) is 2.77. The van der Waals surface area contributed by atoms with Gasteiger partial charge in [-0.05, 0) is 28.6 Å². The van der Waals surface area contributed by atoms with Crippen molar-refractivity contribution in [3.8, 4) is 0 Å². The summed E-state index contributed by atoms with van der Waals surface area (Å²) in [7, 11) is 0. The van der Waals surface area contributed by atoms with Crippen molar-refractivity contribution in [2.75, 3.05) is 24.2 Å². The molecule has 1 fully saturated rings. The van der Waals surface area contributed by atoms with Gasteiger partial charge in [0.15, 0.2) is 5.16 Å². The van der Waals surface area contributed by atoms with E-state index >= 15 is 0 Å². The highest BCUT2D eigenvalue weighted by Gasteiger charge is 2.31. The normalized spacial score (nSPS) is 20.3. The summed E-state index contributed by atoms with van der Waals surface area (Å²) in [4.78, 5) is 10.4. The van der Waals surface area contributed by atoms with Gasteiger partial charge in [-0.1, -0.05) is 11.8 Å². The quantitative estimate of drug-likeness (QED) is 0.631. The number of anilines is 1. The lowest BCUT2D eigenvalue weighted by atomic mass is 10.1. The maximum Gasteiger partial charge on any atom is 0.243 e. The molecular weight excluding hydrogens is 312 g/mol. The third kappa shape index (κ3) is 2.88. The Morgan fingerprint density at radius 1 is 1.59 bits per heavy atom. The minimum atomic E-state index is -2.25. The van der Waals surface area contributed by atoms with Crippen molar-refractivity contribution in [2.45, 2.75) is 18.0 Å². The van der Waals surface area contributed by atoms with E-state index in [1.807, 2.05) is 11.2 Å². The third-order valence-corrected chi connectivity index (χ3v) is 3.89. The van der Waals surface area contributed by atoms with Gasteiger partial charge in [0, 0.05) is 25.2 Å². The van der Waals surface area contributed by atoms with Crippen LogP contribution in [0.2, 0.25) is 0 Å². The Bertz CT molecular complexity index is 405. The fraction of sp³-hybridized carbons (Fsp3) is 0.600. The molecule has 0 aromatic carbocycles. The summed E-state index contributed by atoms with van der Waals surface area (Å²) in [6.07, 6.45) is 1.83. The van der Waals surface area contributed by atoms with Gasteiger partial charge in [0.1, 0.15) is 5.82 Å². The number of nitrogens with zero attached hydrogens (tertiary/aromatic N) is 3. The van der Waals surface area contributed by atoms with E-state index < -0.39 is 12.3 Å². The molecular formula is C10H12BrF2N3S. The monoisotopic (exact) mass is 323 g/mol. The standard InChI is InChI=1S/C10H12BrF2N3S/c1-17-10-14-4-7(11)9(15-10)16-3-2-6(5-16)8(12)13/h4,6,8H,2-3,5H2,1H3. The molecule has 17 heavy (non-hydrogen) atoms. The first-order chi connectivity index (χ1) is 8.11. The minimum Gasteiger partial charge on any atom is -0.355 e. The van der Waals surface area contributed by atoms with Crippen LogP contribution in [0, 0.1) is 5.92 Å². The molecule has 2 heterocycles. The second kappa shape index (κ2) is 5.48. The number of thioether (sulfide) groups is 1. The molecule has 1 saturated heterocycles. The summed E-state index contributed by atoms with van der Waals surface area (Å²) in [6, 6.07) is 0. The lowest BCUT2D eigenvalue weighted by Gasteiger charge is -2.19. The molecule has 1 unspecified atom stereocenters. The molecule has 0 spiro atoms. The van der Waals surface area contributed by atoms with E-state index in [-0.39, 0.29) is 0 Å². The maximum absolute atomic E-state index is 12.6. The first kappa shape index (κ1) is 13.0. The van der Waals surface area contributed by atoms with Crippen LogP contribution in [0.4, 0.5) is 14.6 Å². The molecule has 7 heteroatoms. The molecule has 0 bridgehead atoms. The molecule has 3 nitrogen and oxygen atoms in total. The zero-order valence-electron chi connectivity index (χ0n) is 9.24. The molecule has 2 rings (SSSR count). The predicted molar refractivity (Wildman–Crippen MR) is 67.8 cm³/mol. The predicted octanol–water partition coefficient (Wildman–Crippen LogP) is 3.05. The topological polar surface area (TPSA) is 29.0 Å². The average Bonchev–Trinajstić information content (AvgIpc) is 2.79. The molecule has 0 saturated carbocycles. The summed E-state index contributed by atoms with van der Waals surface area (Å²) >= 11 is 4.80. The van der Waals surface area contributed by atoms with E-state index in [4.69, 9.17) is 0 Å². The molecule has 0 amide bonds. The van der Waals surface area contributed by atoms with E-state index in [1.54, 1.807) is 6.20 Å².